The van der Waals surface area contributed by atoms with Crippen LogP contribution in [0.1, 0.15) is 61.0 Å². The van der Waals surface area contributed by atoms with Gasteiger partial charge in [-0.15, -0.1) is 0 Å². The summed E-state index contributed by atoms with van der Waals surface area (Å²) in [5.74, 6) is -1.37. The molecule has 31 heavy (non-hydrogen) atoms. The zero-order valence-corrected chi connectivity index (χ0v) is 18.2. The molecule has 6 nitrogen and oxygen atoms in total. The molecule has 164 valence electrons. The number of para-hydroxylation sites is 1. The number of hydrogen-bond acceptors (Lipinski definition) is 3. The summed E-state index contributed by atoms with van der Waals surface area (Å²) in [6.07, 6.45) is 5.12. The summed E-state index contributed by atoms with van der Waals surface area (Å²) in [5.41, 5.74) is 2.87. The van der Waals surface area contributed by atoms with Crippen LogP contribution in [0.3, 0.4) is 0 Å². The number of carbonyl (C=O) groups excluding carboxylic acids is 3. The molecule has 0 radical (unpaired) electrons. The van der Waals surface area contributed by atoms with Crippen molar-refractivity contribution in [3.05, 3.63) is 65.2 Å². The van der Waals surface area contributed by atoms with E-state index in [4.69, 9.17) is 0 Å². The lowest BCUT2D eigenvalue weighted by Gasteiger charge is -2.29. The Kier molecular flexibility index (Phi) is 7.82. The van der Waals surface area contributed by atoms with Crippen molar-refractivity contribution in [3.63, 3.8) is 0 Å². The molecular formula is C25H31N3O3. The fraction of sp³-hybridized carbons (Fsp3) is 0.400. The van der Waals surface area contributed by atoms with E-state index in [9.17, 15) is 14.4 Å². The number of hydrogen-bond donors (Lipinski definition) is 3. The first-order valence-electron chi connectivity index (χ1n) is 11.0. The van der Waals surface area contributed by atoms with Crippen LogP contribution in [0.2, 0.25) is 0 Å². The second-order valence-corrected chi connectivity index (χ2v) is 8.19. The SMILES string of the molecule is CCc1ccc(CNC(=O)c2ccccc2NC(=O)C(=O)N[C@H]2CCCC[C@@H]2C)cc1. The molecule has 3 rings (SSSR count). The fourth-order valence-corrected chi connectivity index (χ4v) is 3.90. The molecule has 0 spiro atoms. The zero-order valence-electron chi connectivity index (χ0n) is 18.2. The molecule has 0 unspecified atom stereocenters. The Hall–Kier alpha value is -3.15. The van der Waals surface area contributed by atoms with E-state index in [1.807, 2.05) is 24.3 Å². The number of aryl methyl sites for hydroxylation is 1. The summed E-state index contributed by atoms with van der Waals surface area (Å²) in [4.78, 5) is 37.5. The maximum absolute atomic E-state index is 12.7. The number of carbonyl (C=O) groups is 3. The standard InChI is InChI=1S/C25H31N3O3/c1-3-18-12-14-19(15-13-18)16-26-23(29)20-9-5-7-11-22(20)28-25(31)24(30)27-21-10-6-4-8-17(21)2/h5,7,9,11-15,17,21H,3-4,6,8,10,16H2,1-2H3,(H,26,29)(H,27,30)(H,28,31)/t17-,21-/m0/s1. The molecule has 2 aromatic carbocycles. The van der Waals surface area contributed by atoms with Crippen LogP contribution in [0, 0.1) is 5.92 Å². The van der Waals surface area contributed by atoms with Crippen molar-refractivity contribution in [3.8, 4) is 0 Å². The normalized spacial score (nSPS) is 18.1. The molecule has 0 heterocycles. The number of rotatable bonds is 6. The van der Waals surface area contributed by atoms with E-state index in [0.29, 0.717) is 23.7 Å². The lowest BCUT2D eigenvalue weighted by atomic mass is 9.86. The molecule has 1 aliphatic rings. The quantitative estimate of drug-likeness (QED) is 0.620. The smallest absolute Gasteiger partial charge is 0.313 e. The highest BCUT2D eigenvalue weighted by Crippen LogP contribution is 2.23. The van der Waals surface area contributed by atoms with Crippen molar-refractivity contribution in [2.75, 3.05) is 5.32 Å². The number of nitrogens with one attached hydrogen (secondary N) is 3. The minimum Gasteiger partial charge on any atom is -0.348 e. The van der Waals surface area contributed by atoms with Gasteiger partial charge in [-0.05, 0) is 48.4 Å². The molecule has 1 fully saturated rings. The van der Waals surface area contributed by atoms with Crippen LogP contribution in [0.15, 0.2) is 48.5 Å². The Bertz CT molecular complexity index is 924. The fourth-order valence-electron chi connectivity index (χ4n) is 3.90. The van der Waals surface area contributed by atoms with Gasteiger partial charge in [0.15, 0.2) is 0 Å². The molecule has 0 aromatic heterocycles. The topological polar surface area (TPSA) is 87.3 Å². The van der Waals surface area contributed by atoms with Crippen molar-refractivity contribution in [1.29, 1.82) is 0 Å². The first-order valence-corrected chi connectivity index (χ1v) is 11.0. The summed E-state index contributed by atoms with van der Waals surface area (Å²) in [6.45, 7) is 4.57. The van der Waals surface area contributed by atoms with E-state index >= 15 is 0 Å². The van der Waals surface area contributed by atoms with Gasteiger partial charge in [0, 0.05) is 12.6 Å². The molecule has 2 atom stereocenters. The number of amides is 3. The van der Waals surface area contributed by atoms with Crippen molar-refractivity contribution < 1.29 is 14.4 Å². The van der Waals surface area contributed by atoms with Crippen LogP contribution in [0.4, 0.5) is 5.69 Å². The van der Waals surface area contributed by atoms with E-state index < -0.39 is 11.8 Å². The van der Waals surface area contributed by atoms with E-state index in [1.165, 1.54) is 5.56 Å². The Morgan fingerprint density at radius 3 is 2.29 bits per heavy atom. The molecule has 3 amide bonds. The van der Waals surface area contributed by atoms with Gasteiger partial charge >= 0.3 is 11.8 Å². The van der Waals surface area contributed by atoms with Crippen LogP contribution >= 0.6 is 0 Å². The summed E-state index contributed by atoms with van der Waals surface area (Å²) < 4.78 is 0. The molecular weight excluding hydrogens is 390 g/mol. The Morgan fingerprint density at radius 2 is 1.58 bits per heavy atom. The predicted octanol–water partition coefficient (Wildman–Crippen LogP) is 3.81. The lowest BCUT2D eigenvalue weighted by Crippen LogP contribution is -2.46. The molecule has 0 aliphatic heterocycles. The summed E-state index contributed by atoms with van der Waals surface area (Å²) in [7, 11) is 0. The first kappa shape index (κ1) is 22.5. The van der Waals surface area contributed by atoms with Crippen LogP contribution in [-0.2, 0) is 22.6 Å². The molecule has 2 aromatic rings. The van der Waals surface area contributed by atoms with E-state index in [-0.39, 0.29) is 11.9 Å². The number of benzene rings is 2. The van der Waals surface area contributed by atoms with Crippen molar-refractivity contribution in [2.24, 2.45) is 5.92 Å². The van der Waals surface area contributed by atoms with Crippen LogP contribution in [0.25, 0.3) is 0 Å². The summed E-state index contributed by atoms with van der Waals surface area (Å²) in [5, 5.41) is 8.32. The van der Waals surface area contributed by atoms with Gasteiger partial charge in [-0.1, -0.05) is 63.1 Å². The maximum atomic E-state index is 12.7. The van der Waals surface area contributed by atoms with E-state index in [0.717, 1.165) is 37.7 Å². The van der Waals surface area contributed by atoms with Gasteiger partial charge < -0.3 is 16.0 Å². The molecule has 6 heteroatoms. The van der Waals surface area contributed by atoms with Gasteiger partial charge in [-0.2, -0.15) is 0 Å². The van der Waals surface area contributed by atoms with Crippen molar-refractivity contribution in [1.82, 2.24) is 10.6 Å². The zero-order chi connectivity index (χ0) is 22.2. The van der Waals surface area contributed by atoms with Gasteiger partial charge in [-0.25, -0.2) is 0 Å². The highest BCUT2D eigenvalue weighted by molar-refractivity contribution is 6.40. The average Bonchev–Trinajstić information content (AvgIpc) is 2.79. The largest absolute Gasteiger partial charge is 0.348 e. The third-order valence-electron chi connectivity index (χ3n) is 5.94. The first-order chi connectivity index (χ1) is 15.0. The van der Waals surface area contributed by atoms with Gasteiger partial charge in [0.05, 0.1) is 11.3 Å². The van der Waals surface area contributed by atoms with Gasteiger partial charge in [-0.3, -0.25) is 14.4 Å². The van der Waals surface area contributed by atoms with Crippen LogP contribution in [-0.4, -0.2) is 23.8 Å². The Morgan fingerprint density at radius 1 is 0.903 bits per heavy atom. The van der Waals surface area contributed by atoms with Crippen molar-refractivity contribution >= 4 is 23.4 Å². The summed E-state index contributed by atoms with van der Waals surface area (Å²) >= 11 is 0. The second kappa shape index (κ2) is 10.8. The maximum Gasteiger partial charge on any atom is 0.313 e. The highest BCUT2D eigenvalue weighted by atomic mass is 16.2. The molecule has 0 bridgehead atoms. The summed E-state index contributed by atoms with van der Waals surface area (Å²) in [6, 6.07) is 14.8. The van der Waals surface area contributed by atoms with Crippen LogP contribution < -0.4 is 16.0 Å². The third kappa shape index (κ3) is 6.17. The minimum atomic E-state index is -0.756. The monoisotopic (exact) mass is 421 g/mol. The predicted molar refractivity (Wildman–Crippen MR) is 122 cm³/mol. The third-order valence-corrected chi connectivity index (χ3v) is 5.94. The Balaban J connectivity index is 1.60. The molecule has 0 saturated heterocycles. The number of anilines is 1. The van der Waals surface area contributed by atoms with Gasteiger partial charge in [0.2, 0.25) is 0 Å². The van der Waals surface area contributed by atoms with E-state index in [2.05, 4.69) is 29.8 Å². The van der Waals surface area contributed by atoms with Gasteiger partial charge in [0.1, 0.15) is 0 Å². The molecule has 1 saturated carbocycles. The van der Waals surface area contributed by atoms with Gasteiger partial charge in [0.25, 0.3) is 5.91 Å². The van der Waals surface area contributed by atoms with Crippen molar-refractivity contribution in [2.45, 2.75) is 58.5 Å². The Labute approximate surface area is 183 Å². The highest BCUT2D eigenvalue weighted by Gasteiger charge is 2.26. The average molecular weight is 422 g/mol. The lowest BCUT2D eigenvalue weighted by molar-refractivity contribution is -0.137. The minimum absolute atomic E-state index is 0.0182. The molecule has 1 aliphatic carbocycles. The van der Waals surface area contributed by atoms with Crippen LogP contribution in [0.5, 0.6) is 0 Å². The van der Waals surface area contributed by atoms with E-state index in [1.54, 1.807) is 24.3 Å². The molecule has 3 N–H and O–H groups in total. The second-order valence-electron chi connectivity index (χ2n) is 8.19.